The summed E-state index contributed by atoms with van der Waals surface area (Å²) in [5, 5.41) is 4.90. The molecular weight excluding hydrogens is 368 g/mol. The number of nitrogens with zero attached hydrogens (tertiary/aromatic N) is 6. The second-order valence-electron chi connectivity index (χ2n) is 6.47. The zero-order valence-corrected chi connectivity index (χ0v) is 15.8. The molecule has 0 aliphatic carbocycles. The summed E-state index contributed by atoms with van der Waals surface area (Å²) in [5.41, 5.74) is 1.60. The predicted molar refractivity (Wildman–Crippen MR) is 108 cm³/mol. The molecule has 8 heteroatoms. The Balaban J connectivity index is 1.97. The van der Waals surface area contributed by atoms with Gasteiger partial charge in [0.2, 0.25) is 0 Å². The fourth-order valence-corrected chi connectivity index (χ4v) is 3.45. The van der Waals surface area contributed by atoms with Crippen LogP contribution in [0.4, 0.5) is 0 Å². The van der Waals surface area contributed by atoms with E-state index in [0.29, 0.717) is 39.8 Å². The summed E-state index contributed by atoms with van der Waals surface area (Å²) >= 11 is 0. The highest BCUT2D eigenvalue weighted by molar-refractivity contribution is 5.94. The molecule has 0 fully saturated rings. The molecule has 0 unspecified atom stereocenters. The molecule has 0 aliphatic heterocycles. The fraction of sp³-hybridized carbons (Fsp3) is 0.0952. The van der Waals surface area contributed by atoms with Gasteiger partial charge in [-0.25, -0.2) is 9.97 Å². The second-order valence-corrected chi connectivity index (χ2v) is 6.47. The number of ether oxygens (including phenoxy) is 1. The lowest BCUT2D eigenvalue weighted by Crippen LogP contribution is -2.20. The molecule has 0 N–H and O–H groups in total. The van der Waals surface area contributed by atoms with Crippen molar-refractivity contribution in [2.45, 2.75) is 6.92 Å². The smallest absolute Gasteiger partial charge is 0.267 e. The molecule has 4 aromatic heterocycles. The van der Waals surface area contributed by atoms with Crippen LogP contribution in [-0.4, -0.2) is 36.2 Å². The minimum Gasteiger partial charge on any atom is -0.496 e. The van der Waals surface area contributed by atoms with Crippen LogP contribution in [0.2, 0.25) is 0 Å². The van der Waals surface area contributed by atoms with Crippen molar-refractivity contribution in [3.63, 3.8) is 0 Å². The van der Waals surface area contributed by atoms with Crippen LogP contribution < -0.4 is 10.3 Å². The van der Waals surface area contributed by atoms with E-state index in [4.69, 9.17) is 4.74 Å². The van der Waals surface area contributed by atoms with E-state index in [9.17, 15) is 4.79 Å². The van der Waals surface area contributed by atoms with Crippen molar-refractivity contribution in [3.8, 4) is 22.8 Å². The summed E-state index contributed by atoms with van der Waals surface area (Å²) in [6, 6.07) is 14.7. The van der Waals surface area contributed by atoms with Crippen molar-refractivity contribution >= 4 is 16.7 Å². The summed E-state index contributed by atoms with van der Waals surface area (Å²) < 4.78 is 8.65. The van der Waals surface area contributed by atoms with Gasteiger partial charge in [-0.15, -0.1) is 5.10 Å². The van der Waals surface area contributed by atoms with Gasteiger partial charge in [-0.05, 0) is 37.3 Å². The lowest BCUT2D eigenvalue weighted by Gasteiger charge is -2.13. The first kappa shape index (κ1) is 17.1. The topological polar surface area (TPSA) is 87.2 Å². The van der Waals surface area contributed by atoms with Crippen molar-refractivity contribution in [2.75, 3.05) is 7.11 Å². The minimum absolute atomic E-state index is 0.246. The Labute approximate surface area is 165 Å². The Kier molecular flexibility index (Phi) is 3.83. The Morgan fingerprint density at radius 2 is 1.83 bits per heavy atom. The summed E-state index contributed by atoms with van der Waals surface area (Å²) in [4.78, 5) is 26.8. The molecule has 29 heavy (non-hydrogen) atoms. The summed E-state index contributed by atoms with van der Waals surface area (Å²) in [7, 11) is 1.60. The van der Waals surface area contributed by atoms with Crippen molar-refractivity contribution < 1.29 is 4.74 Å². The van der Waals surface area contributed by atoms with Gasteiger partial charge in [0.25, 0.3) is 11.3 Å². The van der Waals surface area contributed by atoms with Gasteiger partial charge in [-0.1, -0.05) is 18.2 Å². The van der Waals surface area contributed by atoms with E-state index in [1.54, 1.807) is 49.1 Å². The van der Waals surface area contributed by atoms with Gasteiger partial charge in [0.1, 0.15) is 17.4 Å². The quantitative estimate of drug-likeness (QED) is 0.475. The minimum atomic E-state index is -0.246. The number of hydrogen-bond acceptors (Lipinski definition) is 6. The zero-order chi connectivity index (χ0) is 20.0. The molecule has 0 radical (unpaired) electrons. The summed E-state index contributed by atoms with van der Waals surface area (Å²) in [6.07, 6.45) is 3.32. The molecular formula is C21H16N6O2. The van der Waals surface area contributed by atoms with E-state index < -0.39 is 0 Å². The van der Waals surface area contributed by atoms with Crippen molar-refractivity contribution in [1.29, 1.82) is 0 Å². The maximum Gasteiger partial charge on any atom is 0.267 e. The number of aromatic nitrogens is 6. The number of hydrogen-bond donors (Lipinski definition) is 0. The number of pyridine rings is 2. The van der Waals surface area contributed by atoms with Crippen LogP contribution in [0.5, 0.6) is 5.75 Å². The standard InChI is InChI=1S/C21H16N6O2/c1-13-23-21-24-15-10-12-26(17-9-5-6-11-22-17)20(28)18(15)19(27(21)25-13)14-7-3-4-8-16(14)29-2/h3-12H,1-2H3. The molecule has 4 heterocycles. The maximum atomic E-state index is 13.6. The van der Waals surface area contributed by atoms with Gasteiger partial charge in [0, 0.05) is 18.0 Å². The first-order valence-electron chi connectivity index (χ1n) is 9.01. The van der Waals surface area contributed by atoms with Crippen LogP contribution in [0.3, 0.4) is 0 Å². The van der Waals surface area contributed by atoms with E-state index in [1.165, 1.54) is 4.57 Å². The molecule has 8 nitrogen and oxygen atoms in total. The lowest BCUT2D eigenvalue weighted by molar-refractivity contribution is 0.416. The van der Waals surface area contributed by atoms with Gasteiger partial charge in [0.15, 0.2) is 0 Å². The van der Waals surface area contributed by atoms with Crippen LogP contribution in [0, 0.1) is 6.92 Å². The molecule has 0 bridgehead atoms. The lowest BCUT2D eigenvalue weighted by atomic mass is 10.1. The number of rotatable bonds is 3. The fourth-order valence-electron chi connectivity index (χ4n) is 3.45. The third-order valence-electron chi connectivity index (χ3n) is 4.69. The highest BCUT2D eigenvalue weighted by Gasteiger charge is 2.20. The number of aryl methyl sites for hydroxylation is 1. The molecule has 0 saturated heterocycles. The number of methoxy groups -OCH3 is 1. The number of benzene rings is 1. The highest BCUT2D eigenvalue weighted by Crippen LogP contribution is 2.33. The number of para-hydroxylation sites is 1. The first-order valence-corrected chi connectivity index (χ1v) is 9.01. The Bertz CT molecular complexity index is 1420. The molecule has 0 amide bonds. The normalized spacial score (nSPS) is 11.2. The van der Waals surface area contributed by atoms with Gasteiger partial charge in [-0.3, -0.25) is 9.36 Å². The third-order valence-corrected chi connectivity index (χ3v) is 4.69. The SMILES string of the molecule is COc1ccccc1-c1c2c(=O)n(-c3ccccn3)ccc2nc2nc(C)nn12. The molecule has 142 valence electrons. The zero-order valence-electron chi connectivity index (χ0n) is 15.8. The van der Waals surface area contributed by atoms with E-state index >= 15 is 0 Å². The average Bonchev–Trinajstić information content (AvgIpc) is 3.13. The highest BCUT2D eigenvalue weighted by atomic mass is 16.5. The molecule has 5 rings (SSSR count). The monoisotopic (exact) mass is 384 g/mol. The molecule has 1 aromatic carbocycles. The Morgan fingerprint density at radius 1 is 1.00 bits per heavy atom. The van der Waals surface area contributed by atoms with Gasteiger partial charge >= 0.3 is 0 Å². The average molecular weight is 384 g/mol. The van der Waals surface area contributed by atoms with Crippen LogP contribution in [0.1, 0.15) is 5.82 Å². The van der Waals surface area contributed by atoms with Crippen molar-refractivity contribution in [2.24, 2.45) is 0 Å². The molecule has 0 atom stereocenters. The van der Waals surface area contributed by atoms with Crippen LogP contribution in [0.25, 0.3) is 33.8 Å². The van der Waals surface area contributed by atoms with Crippen molar-refractivity contribution in [1.82, 2.24) is 29.1 Å². The third kappa shape index (κ3) is 2.65. The van der Waals surface area contributed by atoms with E-state index in [2.05, 4.69) is 20.1 Å². The van der Waals surface area contributed by atoms with E-state index in [-0.39, 0.29) is 5.56 Å². The maximum absolute atomic E-state index is 13.6. The number of fused-ring (bicyclic) bond motifs is 2. The molecule has 5 aromatic rings. The van der Waals surface area contributed by atoms with Crippen LogP contribution in [-0.2, 0) is 0 Å². The van der Waals surface area contributed by atoms with E-state index in [0.717, 1.165) is 5.56 Å². The van der Waals surface area contributed by atoms with Crippen molar-refractivity contribution in [3.05, 3.63) is 77.1 Å². The van der Waals surface area contributed by atoms with Crippen LogP contribution in [0.15, 0.2) is 65.7 Å². The molecule has 0 spiro atoms. The van der Waals surface area contributed by atoms with Gasteiger partial charge in [0.05, 0.1) is 23.7 Å². The largest absolute Gasteiger partial charge is 0.496 e. The van der Waals surface area contributed by atoms with Crippen LogP contribution >= 0.6 is 0 Å². The predicted octanol–water partition coefficient (Wildman–Crippen LogP) is 2.81. The molecule has 0 aliphatic rings. The second kappa shape index (κ2) is 6.52. The van der Waals surface area contributed by atoms with Gasteiger partial charge < -0.3 is 4.74 Å². The summed E-state index contributed by atoms with van der Waals surface area (Å²) in [6.45, 7) is 1.79. The molecule has 0 saturated carbocycles. The first-order chi connectivity index (χ1) is 14.2. The van der Waals surface area contributed by atoms with Gasteiger partial charge in [-0.2, -0.15) is 9.50 Å². The Morgan fingerprint density at radius 3 is 2.62 bits per heavy atom. The van der Waals surface area contributed by atoms with E-state index in [1.807, 2.05) is 30.3 Å². The Hall–Kier alpha value is -4.07. The summed E-state index contributed by atoms with van der Waals surface area (Å²) in [5.74, 6) is 2.14.